The van der Waals surface area contributed by atoms with Crippen LogP contribution in [0.15, 0.2) is 30.3 Å². The molecular formula is C18H17ClF3N3O3. The maximum Gasteiger partial charge on any atom is 0.238 e. The molecule has 2 aromatic rings. The maximum atomic E-state index is 13.6. The average molecular weight is 416 g/mol. The smallest absolute Gasteiger partial charge is 0.238 e. The van der Waals surface area contributed by atoms with Crippen molar-refractivity contribution in [2.24, 2.45) is 0 Å². The zero-order valence-electron chi connectivity index (χ0n) is 15.0. The number of anilines is 2. The zero-order valence-corrected chi connectivity index (χ0v) is 15.7. The SMILES string of the molecule is COc1ccc(NC(=O)CN(C)CC(=O)Nc2ccc(F)c(F)c2F)cc1Cl. The Labute approximate surface area is 164 Å². The van der Waals surface area contributed by atoms with Gasteiger partial charge in [0.05, 0.1) is 30.9 Å². The van der Waals surface area contributed by atoms with Crippen LogP contribution in [0.25, 0.3) is 0 Å². The molecule has 0 heterocycles. The van der Waals surface area contributed by atoms with Crippen LogP contribution >= 0.6 is 11.6 Å². The normalized spacial score (nSPS) is 10.7. The number of methoxy groups -OCH3 is 1. The zero-order chi connectivity index (χ0) is 20.8. The Bertz CT molecular complexity index is 896. The van der Waals surface area contributed by atoms with Gasteiger partial charge in [-0.25, -0.2) is 13.2 Å². The highest BCUT2D eigenvalue weighted by atomic mass is 35.5. The average Bonchev–Trinajstić information content (AvgIpc) is 2.62. The van der Waals surface area contributed by atoms with Crippen molar-refractivity contribution in [3.05, 3.63) is 52.8 Å². The molecule has 2 aromatic carbocycles. The first kappa shape index (κ1) is 21.5. The summed E-state index contributed by atoms with van der Waals surface area (Å²) in [4.78, 5) is 25.3. The molecule has 0 saturated carbocycles. The fraction of sp³-hybridized carbons (Fsp3) is 0.222. The van der Waals surface area contributed by atoms with Crippen LogP contribution in [0, 0.1) is 17.5 Å². The van der Waals surface area contributed by atoms with E-state index in [-0.39, 0.29) is 13.1 Å². The number of amides is 2. The molecule has 0 atom stereocenters. The fourth-order valence-corrected chi connectivity index (χ4v) is 2.56. The van der Waals surface area contributed by atoms with Gasteiger partial charge in [0, 0.05) is 5.69 Å². The molecule has 10 heteroatoms. The fourth-order valence-electron chi connectivity index (χ4n) is 2.30. The van der Waals surface area contributed by atoms with E-state index in [2.05, 4.69) is 10.6 Å². The number of ether oxygens (including phenoxy) is 1. The van der Waals surface area contributed by atoms with Gasteiger partial charge in [0.25, 0.3) is 0 Å². The van der Waals surface area contributed by atoms with E-state index in [1.165, 1.54) is 25.1 Å². The monoisotopic (exact) mass is 415 g/mol. The minimum Gasteiger partial charge on any atom is -0.495 e. The van der Waals surface area contributed by atoms with Gasteiger partial charge in [0.15, 0.2) is 17.5 Å². The first-order valence-corrected chi connectivity index (χ1v) is 8.34. The van der Waals surface area contributed by atoms with Gasteiger partial charge in [-0.3, -0.25) is 14.5 Å². The summed E-state index contributed by atoms with van der Waals surface area (Å²) >= 11 is 5.98. The molecule has 0 fully saturated rings. The topological polar surface area (TPSA) is 70.7 Å². The van der Waals surface area contributed by atoms with Gasteiger partial charge >= 0.3 is 0 Å². The Morgan fingerprint density at radius 2 is 1.68 bits per heavy atom. The molecule has 0 aliphatic rings. The van der Waals surface area contributed by atoms with Gasteiger partial charge in [-0.2, -0.15) is 0 Å². The number of benzene rings is 2. The van der Waals surface area contributed by atoms with Gasteiger partial charge in [0.2, 0.25) is 11.8 Å². The molecule has 0 bridgehead atoms. The number of nitrogens with one attached hydrogen (secondary N) is 2. The van der Waals surface area contributed by atoms with Crippen molar-refractivity contribution in [3.8, 4) is 5.75 Å². The lowest BCUT2D eigenvalue weighted by atomic mass is 10.2. The summed E-state index contributed by atoms with van der Waals surface area (Å²) in [6.45, 7) is -0.438. The molecule has 2 N–H and O–H groups in total. The molecule has 0 saturated heterocycles. The lowest BCUT2D eigenvalue weighted by Gasteiger charge is -2.16. The molecule has 6 nitrogen and oxygen atoms in total. The van der Waals surface area contributed by atoms with Crippen molar-refractivity contribution in [2.45, 2.75) is 0 Å². The molecule has 28 heavy (non-hydrogen) atoms. The third-order valence-electron chi connectivity index (χ3n) is 3.57. The summed E-state index contributed by atoms with van der Waals surface area (Å²) in [5.41, 5.74) is -0.0489. The summed E-state index contributed by atoms with van der Waals surface area (Å²) in [7, 11) is 2.95. The lowest BCUT2D eigenvalue weighted by molar-refractivity contribution is -0.119. The summed E-state index contributed by atoms with van der Waals surface area (Å²) < 4.78 is 44.7. The minimum atomic E-state index is -1.68. The van der Waals surface area contributed by atoms with Gasteiger partial charge < -0.3 is 15.4 Å². The van der Waals surface area contributed by atoms with Crippen LogP contribution in [0.5, 0.6) is 5.75 Å². The highest BCUT2D eigenvalue weighted by molar-refractivity contribution is 6.32. The summed E-state index contributed by atoms with van der Waals surface area (Å²) in [6.07, 6.45) is 0. The third kappa shape index (κ3) is 5.61. The van der Waals surface area contributed by atoms with Crippen molar-refractivity contribution >= 4 is 34.8 Å². The second kappa shape index (κ2) is 9.43. The quantitative estimate of drug-likeness (QED) is 0.681. The van der Waals surface area contributed by atoms with Gasteiger partial charge in [0.1, 0.15) is 5.75 Å². The summed E-state index contributed by atoms with van der Waals surface area (Å²) in [5.74, 6) is -5.20. The van der Waals surface area contributed by atoms with Gasteiger partial charge in [-0.1, -0.05) is 11.6 Å². The Hall–Kier alpha value is -2.78. The van der Waals surface area contributed by atoms with Crippen LogP contribution < -0.4 is 15.4 Å². The molecule has 0 spiro atoms. The molecule has 0 radical (unpaired) electrons. The van der Waals surface area contributed by atoms with Crippen molar-refractivity contribution < 1.29 is 27.5 Å². The molecule has 2 amide bonds. The van der Waals surface area contributed by atoms with Gasteiger partial charge in [-0.15, -0.1) is 0 Å². The number of carbonyl (C=O) groups is 2. The van der Waals surface area contributed by atoms with Crippen molar-refractivity contribution in [1.29, 1.82) is 0 Å². The molecule has 0 aliphatic carbocycles. The second-order valence-electron chi connectivity index (χ2n) is 5.84. The maximum absolute atomic E-state index is 13.6. The highest BCUT2D eigenvalue weighted by Crippen LogP contribution is 2.27. The van der Waals surface area contributed by atoms with E-state index in [9.17, 15) is 22.8 Å². The van der Waals surface area contributed by atoms with Crippen molar-refractivity contribution in [2.75, 3.05) is 37.9 Å². The van der Waals surface area contributed by atoms with E-state index in [0.717, 1.165) is 6.07 Å². The Balaban J connectivity index is 1.88. The van der Waals surface area contributed by atoms with E-state index in [1.807, 2.05) is 0 Å². The molecule has 0 aliphatic heterocycles. The highest BCUT2D eigenvalue weighted by Gasteiger charge is 2.17. The van der Waals surface area contributed by atoms with E-state index in [0.29, 0.717) is 22.5 Å². The van der Waals surface area contributed by atoms with Crippen LogP contribution in [0.3, 0.4) is 0 Å². The van der Waals surface area contributed by atoms with Crippen LogP contribution in [-0.2, 0) is 9.59 Å². The Kier molecular flexibility index (Phi) is 7.24. The van der Waals surface area contributed by atoms with E-state index < -0.39 is 35.0 Å². The largest absolute Gasteiger partial charge is 0.495 e. The molecule has 2 rings (SSSR count). The first-order chi connectivity index (χ1) is 13.2. The van der Waals surface area contributed by atoms with Crippen LogP contribution in [0.1, 0.15) is 0 Å². The molecule has 0 aromatic heterocycles. The minimum absolute atomic E-state index is 0.155. The van der Waals surface area contributed by atoms with Crippen LogP contribution in [0.4, 0.5) is 24.5 Å². The molecule has 0 unspecified atom stereocenters. The first-order valence-electron chi connectivity index (χ1n) is 7.96. The van der Waals surface area contributed by atoms with E-state index in [4.69, 9.17) is 16.3 Å². The number of hydrogen-bond acceptors (Lipinski definition) is 4. The van der Waals surface area contributed by atoms with E-state index >= 15 is 0 Å². The number of carbonyl (C=O) groups excluding carboxylic acids is 2. The lowest BCUT2D eigenvalue weighted by Crippen LogP contribution is -2.36. The van der Waals surface area contributed by atoms with Crippen molar-refractivity contribution in [3.63, 3.8) is 0 Å². The van der Waals surface area contributed by atoms with Crippen LogP contribution in [-0.4, -0.2) is 44.0 Å². The predicted molar refractivity (Wildman–Crippen MR) is 99.1 cm³/mol. The third-order valence-corrected chi connectivity index (χ3v) is 3.87. The summed E-state index contributed by atoms with van der Waals surface area (Å²) in [5, 5.41) is 5.05. The molecular weight excluding hydrogens is 399 g/mol. The molecule has 150 valence electrons. The Morgan fingerprint density at radius 3 is 2.29 bits per heavy atom. The number of halogens is 4. The number of likely N-dealkylation sites (N-methyl/N-ethyl adjacent to an activating group) is 1. The second-order valence-corrected chi connectivity index (χ2v) is 6.25. The van der Waals surface area contributed by atoms with Crippen LogP contribution in [0.2, 0.25) is 5.02 Å². The Morgan fingerprint density at radius 1 is 1.04 bits per heavy atom. The number of nitrogens with zero attached hydrogens (tertiary/aromatic N) is 1. The summed E-state index contributed by atoms with van der Waals surface area (Å²) in [6, 6.07) is 6.31. The number of rotatable bonds is 7. The van der Waals surface area contributed by atoms with Gasteiger partial charge in [-0.05, 0) is 37.4 Å². The number of hydrogen-bond donors (Lipinski definition) is 2. The standard InChI is InChI=1S/C18H17ClF3N3O3/c1-25(8-15(26)23-10-3-6-14(28-2)11(19)7-10)9-16(27)24-13-5-4-12(20)17(21)18(13)22/h3-7H,8-9H2,1-2H3,(H,23,26)(H,24,27). The van der Waals surface area contributed by atoms with Crippen molar-refractivity contribution in [1.82, 2.24) is 4.90 Å². The van der Waals surface area contributed by atoms with E-state index in [1.54, 1.807) is 12.1 Å². The predicted octanol–water partition coefficient (Wildman–Crippen LogP) is 3.27.